The standard InChI is InChI=1S/C24H24N2O4/c1-16-4-5-17(2)20(12-16)15-30-22-11-6-18(13-23(22)29-3)14-25-26-21-9-7-19(8-10-21)24(27)28/h4-14,26H,15H2,1-3H3,(H,27,28). The maximum absolute atomic E-state index is 10.9. The largest absolute Gasteiger partial charge is 0.493 e. The van der Waals surface area contributed by atoms with Crippen molar-refractivity contribution < 1.29 is 19.4 Å². The number of nitrogens with one attached hydrogen (secondary N) is 1. The van der Waals surface area contributed by atoms with Crippen LogP contribution in [-0.4, -0.2) is 24.4 Å². The van der Waals surface area contributed by atoms with Gasteiger partial charge in [-0.15, -0.1) is 0 Å². The highest BCUT2D eigenvalue weighted by Gasteiger charge is 2.07. The van der Waals surface area contributed by atoms with Crippen LogP contribution in [0.5, 0.6) is 11.5 Å². The van der Waals surface area contributed by atoms with Crippen molar-refractivity contribution in [2.45, 2.75) is 20.5 Å². The number of hydrogen-bond donors (Lipinski definition) is 2. The Hall–Kier alpha value is -3.80. The topological polar surface area (TPSA) is 80.2 Å². The van der Waals surface area contributed by atoms with Crippen LogP contribution in [0.15, 0.2) is 65.8 Å². The Bertz CT molecular complexity index is 1060. The fourth-order valence-corrected chi connectivity index (χ4v) is 2.86. The number of carbonyl (C=O) groups is 1. The highest BCUT2D eigenvalue weighted by atomic mass is 16.5. The number of methoxy groups -OCH3 is 1. The van der Waals surface area contributed by atoms with Gasteiger partial charge < -0.3 is 14.6 Å². The molecule has 0 atom stereocenters. The van der Waals surface area contributed by atoms with Crippen LogP contribution in [0, 0.1) is 13.8 Å². The third kappa shape index (κ3) is 5.38. The second kappa shape index (κ2) is 9.60. The number of anilines is 1. The van der Waals surface area contributed by atoms with E-state index in [4.69, 9.17) is 14.6 Å². The Morgan fingerprint density at radius 1 is 1.03 bits per heavy atom. The molecule has 0 bridgehead atoms. The zero-order valence-corrected chi connectivity index (χ0v) is 17.2. The molecule has 0 spiro atoms. The number of carboxylic acids is 1. The summed E-state index contributed by atoms with van der Waals surface area (Å²) in [5.41, 5.74) is 8.15. The lowest BCUT2D eigenvalue weighted by Gasteiger charge is -2.13. The van der Waals surface area contributed by atoms with E-state index < -0.39 is 5.97 Å². The summed E-state index contributed by atoms with van der Waals surface area (Å²) in [4.78, 5) is 10.9. The van der Waals surface area contributed by atoms with Crippen LogP contribution in [-0.2, 0) is 6.61 Å². The molecule has 0 aliphatic carbocycles. The van der Waals surface area contributed by atoms with E-state index in [2.05, 4.69) is 42.6 Å². The number of carboxylic acid groups (broad SMARTS) is 1. The van der Waals surface area contributed by atoms with Gasteiger partial charge in [-0.25, -0.2) is 4.79 Å². The third-order valence-corrected chi connectivity index (χ3v) is 4.61. The van der Waals surface area contributed by atoms with Gasteiger partial charge in [0.15, 0.2) is 11.5 Å². The van der Waals surface area contributed by atoms with Crippen LogP contribution in [0.3, 0.4) is 0 Å². The first-order valence-electron chi connectivity index (χ1n) is 9.45. The summed E-state index contributed by atoms with van der Waals surface area (Å²) in [6, 6.07) is 18.2. The zero-order valence-electron chi connectivity index (χ0n) is 17.2. The second-order valence-electron chi connectivity index (χ2n) is 6.88. The van der Waals surface area contributed by atoms with E-state index in [1.54, 1.807) is 25.5 Å². The van der Waals surface area contributed by atoms with E-state index in [9.17, 15) is 4.79 Å². The lowest BCUT2D eigenvalue weighted by Crippen LogP contribution is -2.01. The molecule has 0 aliphatic heterocycles. The second-order valence-corrected chi connectivity index (χ2v) is 6.88. The molecule has 0 saturated heterocycles. The molecule has 6 heteroatoms. The van der Waals surface area contributed by atoms with Crippen LogP contribution in [0.25, 0.3) is 0 Å². The first kappa shape index (κ1) is 20.9. The highest BCUT2D eigenvalue weighted by Crippen LogP contribution is 2.29. The van der Waals surface area contributed by atoms with E-state index in [0.717, 1.165) is 11.1 Å². The zero-order chi connectivity index (χ0) is 21.5. The van der Waals surface area contributed by atoms with Gasteiger partial charge in [0, 0.05) is 0 Å². The lowest BCUT2D eigenvalue weighted by molar-refractivity contribution is 0.0697. The van der Waals surface area contributed by atoms with Gasteiger partial charge in [-0.1, -0.05) is 23.8 Å². The first-order chi connectivity index (χ1) is 14.5. The molecule has 0 aliphatic rings. The molecule has 0 unspecified atom stereocenters. The summed E-state index contributed by atoms with van der Waals surface area (Å²) in [5, 5.41) is 13.1. The van der Waals surface area contributed by atoms with Crippen molar-refractivity contribution in [1.29, 1.82) is 0 Å². The number of aryl methyl sites for hydroxylation is 2. The Morgan fingerprint density at radius 3 is 2.50 bits per heavy atom. The van der Waals surface area contributed by atoms with Gasteiger partial charge in [-0.3, -0.25) is 5.43 Å². The van der Waals surface area contributed by atoms with Crippen LogP contribution < -0.4 is 14.9 Å². The van der Waals surface area contributed by atoms with Crippen LogP contribution in [0.1, 0.15) is 32.6 Å². The molecule has 0 radical (unpaired) electrons. The van der Waals surface area contributed by atoms with E-state index in [0.29, 0.717) is 23.8 Å². The molecule has 0 saturated carbocycles. The normalized spacial score (nSPS) is 10.8. The van der Waals surface area contributed by atoms with Crippen molar-refractivity contribution in [1.82, 2.24) is 0 Å². The molecule has 0 aromatic heterocycles. The van der Waals surface area contributed by atoms with Gasteiger partial charge in [0.2, 0.25) is 0 Å². The van der Waals surface area contributed by atoms with E-state index in [1.165, 1.54) is 23.3 Å². The third-order valence-electron chi connectivity index (χ3n) is 4.61. The van der Waals surface area contributed by atoms with Gasteiger partial charge in [0.05, 0.1) is 24.6 Å². The Labute approximate surface area is 175 Å². The summed E-state index contributed by atoms with van der Waals surface area (Å²) < 4.78 is 11.4. The number of benzene rings is 3. The van der Waals surface area contributed by atoms with Crippen molar-refractivity contribution in [3.63, 3.8) is 0 Å². The average Bonchev–Trinajstić information content (AvgIpc) is 2.75. The van der Waals surface area contributed by atoms with Crippen LogP contribution in [0.2, 0.25) is 0 Å². The van der Waals surface area contributed by atoms with Gasteiger partial charge in [0.25, 0.3) is 0 Å². The number of ether oxygens (including phenoxy) is 2. The summed E-state index contributed by atoms with van der Waals surface area (Å²) >= 11 is 0. The predicted molar refractivity (Wildman–Crippen MR) is 118 cm³/mol. The fourth-order valence-electron chi connectivity index (χ4n) is 2.86. The van der Waals surface area contributed by atoms with E-state index >= 15 is 0 Å². The van der Waals surface area contributed by atoms with Gasteiger partial charge >= 0.3 is 5.97 Å². The molecule has 6 nitrogen and oxygen atoms in total. The summed E-state index contributed by atoms with van der Waals surface area (Å²) in [6.07, 6.45) is 1.65. The maximum atomic E-state index is 10.9. The van der Waals surface area contributed by atoms with Gasteiger partial charge in [0.1, 0.15) is 6.61 Å². The van der Waals surface area contributed by atoms with Crippen molar-refractivity contribution in [2.24, 2.45) is 5.10 Å². The van der Waals surface area contributed by atoms with E-state index in [-0.39, 0.29) is 5.56 Å². The minimum absolute atomic E-state index is 0.228. The first-order valence-corrected chi connectivity index (χ1v) is 9.45. The van der Waals surface area contributed by atoms with Gasteiger partial charge in [-0.2, -0.15) is 5.10 Å². The Balaban J connectivity index is 1.65. The van der Waals surface area contributed by atoms with Crippen LogP contribution >= 0.6 is 0 Å². The van der Waals surface area contributed by atoms with Crippen LogP contribution in [0.4, 0.5) is 5.69 Å². The van der Waals surface area contributed by atoms with Crippen molar-refractivity contribution in [3.05, 3.63) is 88.5 Å². The molecule has 0 fully saturated rings. The minimum atomic E-state index is -0.961. The molecule has 3 rings (SSSR count). The number of nitrogens with zero attached hydrogens (tertiary/aromatic N) is 1. The minimum Gasteiger partial charge on any atom is -0.493 e. The smallest absolute Gasteiger partial charge is 0.335 e. The SMILES string of the molecule is COc1cc(C=NNc2ccc(C(=O)O)cc2)ccc1OCc1cc(C)ccc1C. The van der Waals surface area contributed by atoms with Crippen molar-refractivity contribution >= 4 is 17.9 Å². The number of aromatic carboxylic acids is 1. The lowest BCUT2D eigenvalue weighted by atomic mass is 10.1. The Morgan fingerprint density at radius 2 is 1.80 bits per heavy atom. The number of hydrazone groups is 1. The molecule has 0 amide bonds. The number of hydrogen-bond acceptors (Lipinski definition) is 5. The maximum Gasteiger partial charge on any atom is 0.335 e. The summed E-state index contributed by atoms with van der Waals surface area (Å²) in [6.45, 7) is 4.59. The van der Waals surface area contributed by atoms with E-state index in [1.807, 2.05) is 18.2 Å². The monoisotopic (exact) mass is 404 g/mol. The molecule has 2 N–H and O–H groups in total. The predicted octanol–water partition coefficient (Wildman–Crippen LogP) is 5.04. The fraction of sp³-hybridized carbons (Fsp3) is 0.167. The molecule has 0 heterocycles. The number of rotatable bonds is 8. The average molecular weight is 404 g/mol. The Kier molecular flexibility index (Phi) is 6.70. The van der Waals surface area contributed by atoms with Gasteiger partial charge in [-0.05, 0) is 73.0 Å². The quantitative estimate of drug-likeness (QED) is 0.406. The summed E-state index contributed by atoms with van der Waals surface area (Å²) in [7, 11) is 1.60. The highest BCUT2D eigenvalue weighted by molar-refractivity contribution is 5.88. The molecule has 30 heavy (non-hydrogen) atoms. The molecule has 154 valence electrons. The molecule has 3 aromatic carbocycles. The molecular formula is C24H24N2O4. The van der Waals surface area contributed by atoms with Crippen molar-refractivity contribution in [3.8, 4) is 11.5 Å². The van der Waals surface area contributed by atoms with Crippen molar-refractivity contribution in [2.75, 3.05) is 12.5 Å². The molecule has 3 aromatic rings. The summed E-state index contributed by atoms with van der Waals surface area (Å²) in [5.74, 6) is 0.319. The molecular weight excluding hydrogens is 380 g/mol.